The first-order valence-corrected chi connectivity index (χ1v) is 21.5. The lowest BCUT2D eigenvalue weighted by Crippen LogP contribution is -2.46. The summed E-state index contributed by atoms with van der Waals surface area (Å²) in [4.78, 5) is 63.4. The highest BCUT2D eigenvalue weighted by atomic mass is 32.1. The highest BCUT2D eigenvalue weighted by molar-refractivity contribution is 7.18. The zero-order valence-corrected chi connectivity index (χ0v) is 34.8. The van der Waals surface area contributed by atoms with Crippen LogP contribution in [0.2, 0.25) is 0 Å². The Kier molecular flexibility index (Phi) is 11.5. The van der Waals surface area contributed by atoms with Gasteiger partial charge in [0.2, 0.25) is 11.8 Å². The number of piperidine rings is 3. The third kappa shape index (κ3) is 8.20. The molecule has 59 heavy (non-hydrogen) atoms. The molecule has 15 heteroatoms. The van der Waals surface area contributed by atoms with Crippen LogP contribution >= 0.6 is 11.3 Å². The Labute approximate surface area is 347 Å². The van der Waals surface area contributed by atoms with E-state index < -0.39 is 11.9 Å². The molecular formula is C44H51N9O5S. The molecule has 1 aliphatic carbocycles. The zero-order chi connectivity index (χ0) is 41.3. The first kappa shape index (κ1) is 40.2. The molecule has 0 radical (unpaired) electrons. The van der Waals surface area contributed by atoms with E-state index in [-0.39, 0.29) is 23.9 Å². The summed E-state index contributed by atoms with van der Waals surface area (Å²) in [5.41, 5.74) is 5.10. The number of fused-ring (bicyclic) bond motifs is 2. The Balaban J connectivity index is 0.000000165. The number of imidazole rings is 1. The van der Waals surface area contributed by atoms with E-state index in [1.165, 1.54) is 94.3 Å². The number of para-hydroxylation sites is 1. The lowest BCUT2D eigenvalue weighted by molar-refractivity contribution is -0.135. The predicted octanol–water partition coefficient (Wildman–Crippen LogP) is 6.50. The van der Waals surface area contributed by atoms with Gasteiger partial charge in [0.15, 0.2) is 0 Å². The minimum absolute atomic E-state index is 0.208. The first-order chi connectivity index (χ1) is 28.6. The second-order valence-electron chi connectivity index (χ2n) is 16.5. The van der Waals surface area contributed by atoms with Gasteiger partial charge >= 0.3 is 5.69 Å². The summed E-state index contributed by atoms with van der Waals surface area (Å²) in [6, 6.07) is 12.6. The summed E-state index contributed by atoms with van der Waals surface area (Å²) >= 11 is 1.69. The highest BCUT2D eigenvalue weighted by Gasteiger charge is 2.38. The van der Waals surface area contributed by atoms with Crippen LogP contribution in [0.3, 0.4) is 0 Å². The Bertz CT molecular complexity index is 2490. The Morgan fingerprint density at radius 2 is 1.73 bits per heavy atom. The maximum absolute atomic E-state index is 13.2. The molecule has 308 valence electrons. The number of thiazole rings is 1. The number of amides is 3. The molecule has 3 aromatic heterocycles. The number of pyridine rings is 1. The van der Waals surface area contributed by atoms with Crippen LogP contribution in [0.15, 0.2) is 53.6 Å². The maximum Gasteiger partial charge on any atom is 0.329 e. The van der Waals surface area contributed by atoms with Crippen molar-refractivity contribution in [2.75, 3.05) is 50.6 Å². The number of nitrogens with zero attached hydrogens (tertiary/aromatic N) is 7. The van der Waals surface area contributed by atoms with Gasteiger partial charge < -0.3 is 19.9 Å². The Morgan fingerprint density at radius 1 is 0.983 bits per heavy atom. The van der Waals surface area contributed by atoms with Gasteiger partial charge in [-0.3, -0.25) is 33.8 Å². The molecule has 3 aliphatic heterocycles. The molecule has 1 spiro atoms. The van der Waals surface area contributed by atoms with Gasteiger partial charge in [-0.2, -0.15) is 5.26 Å². The van der Waals surface area contributed by atoms with E-state index in [0.717, 1.165) is 40.0 Å². The average Bonchev–Trinajstić information content (AvgIpc) is 3.79. The number of rotatable bonds is 6. The fraction of sp³-hybridized carbons (Fsp3) is 0.477. The van der Waals surface area contributed by atoms with Crippen LogP contribution in [-0.2, 0) is 16.6 Å². The van der Waals surface area contributed by atoms with Crippen molar-refractivity contribution in [2.24, 2.45) is 12.5 Å². The van der Waals surface area contributed by atoms with Crippen molar-refractivity contribution < 1.29 is 19.1 Å². The van der Waals surface area contributed by atoms with Crippen molar-refractivity contribution in [3.8, 4) is 11.8 Å². The summed E-state index contributed by atoms with van der Waals surface area (Å²) in [5.74, 6) is 0.102. The zero-order valence-electron chi connectivity index (χ0n) is 34.0. The minimum atomic E-state index is -0.645. The molecule has 4 aliphatic rings. The van der Waals surface area contributed by atoms with E-state index in [1.807, 2.05) is 30.3 Å². The molecule has 4 fully saturated rings. The second-order valence-corrected chi connectivity index (χ2v) is 17.6. The molecule has 3 amide bonds. The number of hydrogen-bond acceptors (Lipinski definition) is 11. The number of nitriles is 1. The van der Waals surface area contributed by atoms with Gasteiger partial charge in [0, 0.05) is 50.9 Å². The number of carbonyl (C=O) groups is 3. The number of benzene rings is 2. The molecule has 6 heterocycles. The lowest BCUT2D eigenvalue weighted by Gasteiger charge is -2.47. The maximum atomic E-state index is 13.2. The van der Waals surface area contributed by atoms with Crippen molar-refractivity contribution in [3.05, 3.63) is 75.4 Å². The number of anilines is 2. The van der Waals surface area contributed by atoms with Gasteiger partial charge in [0.1, 0.15) is 17.9 Å². The summed E-state index contributed by atoms with van der Waals surface area (Å²) in [6.45, 7) is 4.33. The van der Waals surface area contributed by atoms with E-state index in [1.54, 1.807) is 34.6 Å². The van der Waals surface area contributed by atoms with Crippen LogP contribution in [0.4, 0.5) is 11.4 Å². The third-order valence-electron chi connectivity index (χ3n) is 12.9. The Morgan fingerprint density at radius 3 is 2.44 bits per heavy atom. The number of hydrogen-bond donors (Lipinski definition) is 2. The number of ether oxygens (including phenoxy) is 1. The molecule has 2 N–H and O–H groups in total. The van der Waals surface area contributed by atoms with Gasteiger partial charge in [-0.05, 0) is 94.8 Å². The average molecular weight is 818 g/mol. The number of nitrogens with one attached hydrogen (secondary N) is 2. The molecule has 1 unspecified atom stereocenters. The van der Waals surface area contributed by atoms with E-state index in [2.05, 4.69) is 38.5 Å². The van der Waals surface area contributed by atoms with Crippen LogP contribution in [0.1, 0.15) is 104 Å². The smallest absolute Gasteiger partial charge is 0.329 e. The minimum Gasteiger partial charge on any atom is -0.494 e. The van der Waals surface area contributed by atoms with E-state index in [0.29, 0.717) is 40.3 Å². The van der Waals surface area contributed by atoms with Gasteiger partial charge in [0.05, 0.1) is 55.9 Å². The molecule has 9 rings (SSSR count). The summed E-state index contributed by atoms with van der Waals surface area (Å²) in [7, 11) is 5.55. The fourth-order valence-electron chi connectivity index (χ4n) is 9.30. The quantitative estimate of drug-likeness (QED) is 0.181. The topological polar surface area (TPSA) is 167 Å². The van der Waals surface area contributed by atoms with Gasteiger partial charge in [-0.1, -0.05) is 25.3 Å². The van der Waals surface area contributed by atoms with Gasteiger partial charge in [0.25, 0.3) is 5.91 Å². The number of aryl methyl sites for hydroxylation is 1. The van der Waals surface area contributed by atoms with Gasteiger partial charge in [-0.15, -0.1) is 11.3 Å². The molecule has 14 nitrogen and oxygen atoms in total. The number of likely N-dealkylation sites (tertiary alicyclic amines) is 1. The molecule has 1 saturated carbocycles. The standard InChI is InChI=1S/C23H31N5O3.C21H20N4O2S/c1-25-12-8-23(9-13-25)10-14-27(15-11-23)16-4-3-5-17-20(16)26(2)22(31)28(17)18-6-7-19(29)24-21(18)30;1-27-18-8-17-19(28-21(25-17)14-5-3-2-4-6-14)9-16(18)24-20(26)15-7-13(10-22)11-23-12-15/h3-5,18H,6-15H2,1-2H3,(H,24,29,30);7-9,11-12,14H,2-6H2,1H3,(H,24,26). The summed E-state index contributed by atoms with van der Waals surface area (Å²) in [6.07, 6.45) is 14.6. The van der Waals surface area contributed by atoms with E-state index >= 15 is 0 Å². The molecule has 3 saturated heterocycles. The van der Waals surface area contributed by atoms with Crippen LogP contribution in [0.5, 0.6) is 5.75 Å². The fourth-order valence-corrected chi connectivity index (χ4v) is 10.5. The van der Waals surface area contributed by atoms with Crippen LogP contribution in [-0.4, -0.2) is 82.1 Å². The largest absolute Gasteiger partial charge is 0.494 e. The van der Waals surface area contributed by atoms with Crippen molar-refractivity contribution >= 4 is 61.7 Å². The molecule has 0 bridgehead atoms. The Hall–Kier alpha value is -5.59. The monoisotopic (exact) mass is 817 g/mol. The first-order valence-electron chi connectivity index (χ1n) is 20.7. The van der Waals surface area contributed by atoms with Crippen molar-refractivity contribution in [3.63, 3.8) is 0 Å². The number of aromatic nitrogens is 4. The SMILES string of the molecule is CN1CCC2(CC1)CCN(c1cccc3c1n(C)c(=O)n3C1CCC(=O)NC1=O)CC2.COc1cc2nc(C3CCCCC3)sc2cc1NC(=O)c1cncc(C#N)c1. The van der Waals surface area contributed by atoms with Crippen LogP contribution in [0.25, 0.3) is 21.3 Å². The lowest BCUT2D eigenvalue weighted by atomic mass is 9.71. The molecule has 2 aromatic carbocycles. The van der Waals surface area contributed by atoms with Crippen LogP contribution < -0.4 is 26.0 Å². The third-order valence-corrected chi connectivity index (χ3v) is 14.1. The number of methoxy groups -OCH3 is 1. The summed E-state index contributed by atoms with van der Waals surface area (Å²) in [5, 5.41) is 15.4. The molecular weight excluding hydrogens is 767 g/mol. The second kappa shape index (κ2) is 16.9. The van der Waals surface area contributed by atoms with Crippen molar-refractivity contribution in [1.82, 2.24) is 29.3 Å². The number of imide groups is 1. The predicted molar refractivity (Wildman–Crippen MR) is 228 cm³/mol. The van der Waals surface area contributed by atoms with Crippen molar-refractivity contribution in [2.45, 2.75) is 82.6 Å². The van der Waals surface area contributed by atoms with E-state index in [9.17, 15) is 19.2 Å². The normalized spacial score (nSPS) is 19.9. The number of carbonyl (C=O) groups excluding carboxylic acids is 3. The highest BCUT2D eigenvalue weighted by Crippen LogP contribution is 2.43. The van der Waals surface area contributed by atoms with Gasteiger partial charge in [-0.25, -0.2) is 9.78 Å². The molecule has 5 aromatic rings. The molecule has 1 atom stereocenters. The van der Waals surface area contributed by atoms with Crippen molar-refractivity contribution in [1.29, 1.82) is 5.26 Å². The van der Waals surface area contributed by atoms with E-state index in [4.69, 9.17) is 15.0 Å². The summed E-state index contributed by atoms with van der Waals surface area (Å²) < 4.78 is 9.73. The van der Waals surface area contributed by atoms with Crippen LogP contribution in [0, 0.1) is 16.7 Å².